The highest BCUT2D eigenvalue weighted by Crippen LogP contribution is 2.19. The summed E-state index contributed by atoms with van der Waals surface area (Å²) in [7, 11) is 0. The van der Waals surface area contributed by atoms with E-state index in [0.717, 1.165) is 38.5 Å². The number of carboxylic acid groups (broad SMARTS) is 1. The Hall–Kier alpha value is -0.860. The van der Waals surface area contributed by atoms with Crippen molar-refractivity contribution in [3.63, 3.8) is 0 Å². The molecule has 0 aromatic heterocycles. The first-order valence-electron chi connectivity index (χ1n) is 6.59. The van der Waals surface area contributed by atoms with Gasteiger partial charge in [0.2, 0.25) is 0 Å². The second-order valence-electron chi connectivity index (χ2n) is 5.69. The van der Waals surface area contributed by atoms with Gasteiger partial charge in [-0.15, -0.1) is 0 Å². The van der Waals surface area contributed by atoms with Crippen LogP contribution in [0.25, 0.3) is 0 Å². The standard InChI is InChI=1S/C14H26O3/c1-14(2,3)12(15)10-8-6-4-5-7-9-11-13(16)17/h4-11H2,1-3H3,(H,16,17). The minimum absolute atomic E-state index is 0.207. The van der Waals surface area contributed by atoms with E-state index < -0.39 is 5.97 Å². The second-order valence-corrected chi connectivity index (χ2v) is 5.69. The van der Waals surface area contributed by atoms with Crippen LogP contribution in [0.2, 0.25) is 0 Å². The van der Waals surface area contributed by atoms with Gasteiger partial charge in [-0.2, -0.15) is 0 Å². The number of ketones is 1. The van der Waals surface area contributed by atoms with E-state index in [2.05, 4.69) is 0 Å². The Kier molecular flexibility index (Phi) is 7.85. The molecule has 0 aliphatic carbocycles. The molecule has 3 nitrogen and oxygen atoms in total. The van der Waals surface area contributed by atoms with Gasteiger partial charge in [-0.25, -0.2) is 0 Å². The first kappa shape index (κ1) is 16.1. The molecule has 0 radical (unpaired) electrons. The number of carbonyl (C=O) groups is 2. The molecule has 3 heteroatoms. The van der Waals surface area contributed by atoms with E-state index in [1.165, 1.54) is 0 Å². The molecule has 0 heterocycles. The van der Waals surface area contributed by atoms with E-state index in [-0.39, 0.29) is 11.8 Å². The van der Waals surface area contributed by atoms with E-state index in [4.69, 9.17) is 5.11 Å². The normalized spacial score (nSPS) is 11.5. The molecule has 0 unspecified atom stereocenters. The Bertz CT molecular complexity index is 238. The Morgan fingerprint density at radius 2 is 1.24 bits per heavy atom. The van der Waals surface area contributed by atoms with Crippen LogP contribution in [-0.4, -0.2) is 16.9 Å². The minimum Gasteiger partial charge on any atom is -0.481 e. The molecule has 0 bridgehead atoms. The van der Waals surface area contributed by atoms with Crippen molar-refractivity contribution in [1.29, 1.82) is 0 Å². The molecule has 0 fully saturated rings. The van der Waals surface area contributed by atoms with Crippen molar-refractivity contribution in [2.24, 2.45) is 5.41 Å². The van der Waals surface area contributed by atoms with E-state index in [1.807, 2.05) is 20.8 Å². The molecular weight excluding hydrogens is 216 g/mol. The van der Waals surface area contributed by atoms with Crippen molar-refractivity contribution in [3.05, 3.63) is 0 Å². The highest BCUT2D eigenvalue weighted by Gasteiger charge is 2.19. The summed E-state index contributed by atoms with van der Waals surface area (Å²) < 4.78 is 0. The van der Waals surface area contributed by atoms with Crippen LogP contribution in [0.4, 0.5) is 0 Å². The highest BCUT2D eigenvalue weighted by molar-refractivity contribution is 5.83. The molecule has 100 valence electrons. The maximum atomic E-state index is 11.6. The van der Waals surface area contributed by atoms with Crippen molar-refractivity contribution < 1.29 is 14.7 Å². The molecule has 0 saturated heterocycles. The molecule has 0 spiro atoms. The first-order valence-corrected chi connectivity index (χ1v) is 6.59. The SMILES string of the molecule is CC(C)(C)C(=O)CCCCCCCCC(=O)O. The summed E-state index contributed by atoms with van der Waals surface area (Å²) >= 11 is 0. The van der Waals surface area contributed by atoms with Gasteiger partial charge in [0.05, 0.1) is 0 Å². The van der Waals surface area contributed by atoms with Gasteiger partial charge in [-0.3, -0.25) is 9.59 Å². The lowest BCUT2D eigenvalue weighted by Gasteiger charge is -2.16. The van der Waals surface area contributed by atoms with E-state index >= 15 is 0 Å². The predicted octanol–water partition coefficient (Wildman–Crippen LogP) is 3.81. The monoisotopic (exact) mass is 242 g/mol. The molecule has 0 aromatic rings. The zero-order valence-electron chi connectivity index (χ0n) is 11.4. The number of aliphatic carboxylic acids is 1. The summed E-state index contributed by atoms with van der Waals surface area (Å²) in [5.74, 6) is -0.371. The summed E-state index contributed by atoms with van der Waals surface area (Å²) in [5.41, 5.74) is -0.207. The average Bonchev–Trinajstić information content (AvgIpc) is 2.19. The van der Waals surface area contributed by atoms with Gasteiger partial charge >= 0.3 is 5.97 Å². The fourth-order valence-electron chi connectivity index (χ4n) is 1.64. The number of rotatable bonds is 9. The maximum absolute atomic E-state index is 11.6. The fraction of sp³-hybridized carbons (Fsp3) is 0.857. The van der Waals surface area contributed by atoms with Gasteiger partial charge in [-0.05, 0) is 12.8 Å². The van der Waals surface area contributed by atoms with Gasteiger partial charge in [0, 0.05) is 18.3 Å². The van der Waals surface area contributed by atoms with Crippen LogP contribution in [0.3, 0.4) is 0 Å². The highest BCUT2D eigenvalue weighted by atomic mass is 16.4. The lowest BCUT2D eigenvalue weighted by molar-refractivity contribution is -0.137. The molecule has 0 rings (SSSR count). The summed E-state index contributed by atoms with van der Waals surface area (Å²) in [4.78, 5) is 21.9. The predicted molar refractivity (Wildman–Crippen MR) is 69.0 cm³/mol. The van der Waals surface area contributed by atoms with E-state index in [9.17, 15) is 9.59 Å². The first-order chi connectivity index (χ1) is 7.84. The molecular formula is C14H26O3. The van der Waals surface area contributed by atoms with Crippen molar-refractivity contribution in [2.45, 2.75) is 72.1 Å². The smallest absolute Gasteiger partial charge is 0.303 e. The summed E-state index contributed by atoms with van der Waals surface area (Å²) in [5, 5.41) is 8.45. The topological polar surface area (TPSA) is 54.4 Å². The third kappa shape index (κ3) is 10.0. The summed E-state index contributed by atoms with van der Waals surface area (Å²) in [6.07, 6.45) is 6.95. The van der Waals surface area contributed by atoms with Crippen LogP contribution in [0.5, 0.6) is 0 Å². The van der Waals surface area contributed by atoms with Gasteiger partial charge in [0.25, 0.3) is 0 Å². The molecule has 0 aliphatic heterocycles. The van der Waals surface area contributed by atoms with Crippen LogP contribution in [0, 0.1) is 5.41 Å². The Balaban J connectivity index is 3.30. The zero-order valence-corrected chi connectivity index (χ0v) is 11.4. The molecule has 0 aromatic carbocycles. The number of Topliss-reactive ketones (excluding diaryl/α,β-unsaturated/α-hetero) is 1. The fourth-order valence-corrected chi connectivity index (χ4v) is 1.64. The molecule has 0 amide bonds. The van der Waals surface area contributed by atoms with E-state index in [0.29, 0.717) is 12.2 Å². The molecule has 1 N–H and O–H groups in total. The Morgan fingerprint density at radius 1 is 0.824 bits per heavy atom. The molecule has 0 saturated carbocycles. The number of carboxylic acids is 1. The molecule has 0 aliphatic rings. The van der Waals surface area contributed by atoms with Crippen molar-refractivity contribution in [1.82, 2.24) is 0 Å². The minimum atomic E-state index is -0.708. The average molecular weight is 242 g/mol. The molecule has 17 heavy (non-hydrogen) atoms. The number of carbonyl (C=O) groups excluding carboxylic acids is 1. The van der Waals surface area contributed by atoms with Crippen LogP contribution in [0.15, 0.2) is 0 Å². The van der Waals surface area contributed by atoms with Crippen molar-refractivity contribution >= 4 is 11.8 Å². The zero-order chi connectivity index (χ0) is 13.3. The number of hydrogen-bond acceptors (Lipinski definition) is 2. The molecule has 0 atom stereocenters. The van der Waals surface area contributed by atoms with Gasteiger partial charge in [0.15, 0.2) is 0 Å². The summed E-state index contributed by atoms with van der Waals surface area (Å²) in [6.45, 7) is 5.88. The largest absolute Gasteiger partial charge is 0.481 e. The van der Waals surface area contributed by atoms with Crippen molar-refractivity contribution in [2.75, 3.05) is 0 Å². The third-order valence-electron chi connectivity index (χ3n) is 2.88. The number of unbranched alkanes of at least 4 members (excludes halogenated alkanes) is 5. The van der Waals surface area contributed by atoms with Crippen LogP contribution < -0.4 is 0 Å². The summed E-state index contributed by atoms with van der Waals surface area (Å²) in [6, 6.07) is 0. The van der Waals surface area contributed by atoms with Gasteiger partial charge in [-0.1, -0.05) is 46.5 Å². The Labute approximate surface area is 105 Å². The lowest BCUT2D eigenvalue weighted by Crippen LogP contribution is -2.19. The van der Waals surface area contributed by atoms with Gasteiger partial charge in [0.1, 0.15) is 5.78 Å². The third-order valence-corrected chi connectivity index (χ3v) is 2.88. The Morgan fingerprint density at radius 3 is 1.65 bits per heavy atom. The van der Waals surface area contributed by atoms with Gasteiger partial charge < -0.3 is 5.11 Å². The van der Waals surface area contributed by atoms with Crippen LogP contribution in [-0.2, 0) is 9.59 Å². The van der Waals surface area contributed by atoms with Crippen LogP contribution >= 0.6 is 0 Å². The maximum Gasteiger partial charge on any atom is 0.303 e. The lowest BCUT2D eigenvalue weighted by atomic mass is 9.88. The number of hydrogen-bond donors (Lipinski definition) is 1. The van der Waals surface area contributed by atoms with Crippen molar-refractivity contribution in [3.8, 4) is 0 Å². The quantitative estimate of drug-likeness (QED) is 0.625. The second kappa shape index (κ2) is 8.26. The van der Waals surface area contributed by atoms with Crippen LogP contribution in [0.1, 0.15) is 72.1 Å². The van der Waals surface area contributed by atoms with E-state index in [1.54, 1.807) is 0 Å².